The number of ether oxygens (including phenoxy) is 1. The Balaban J connectivity index is 1.23. The normalized spacial score (nSPS) is 29.7. The molecule has 3 aliphatic rings. The van der Waals surface area contributed by atoms with Gasteiger partial charge in [-0.3, -0.25) is 0 Å². The summed E-state index contributed by atoms with van der Waals surface area (Å²) < 4.78 is 11.9. The molecule has 2 aromatic heterocycles. The van der Waals surface area contributed by atoms with Gasteiger partial charge >= 0.3 is 0 Å². The zero-order valence-corrected chi connectivity index (χ0v) is 13.5. The summed E-state index contributed by atoms with van der Waals surface area (Å²) in [6.45, 7) is 2.73. The zero-order valence-electron chi connectivity index (χ0n) is 13.5. The highest BCUT2D eigenvalue weighted by Gasteiger charge is 2.42. The van der Waals surface area contributed by atoms with Crippen molar-refractivity contribution in [1.29, 1.82) is 0 Å². The number of hydrogen-bond acceptors (Lipinski definition) is 7. The average Bonchev–Trinajstić information content (AvgIpc) is 3.26. The Morgan fingerprint density at radius 2 is 2.00 bits per heavy atom. The van der Waals surface area contributed by atoms with E-state index in [1.54, 1.807) is 12.4 Å². The summed E-state index contributed by atoms with van der Waals surface area (Å²) in [5.74, 6) is 3.97. The molecule has 1 saturated carbocycles. The molecule has 0 N–H and O–H groups in total. The van der Waals surface area contributed by atoms with Crippen molar-refractivity contribution >= 4 is 5.95 Å². The van der Waals surface area contributed by atoms with Crippen LogP contribution in [0.15, 0.2) is 22.9 Å². The van der Waals surface area contributed by atoms with Crippen LogP contribution in [-0.4, -0.2) is 46.0 Å². The summed E-state index contributed by atoms with van der Waals surface area (Å²) in [6.07, 6.45) is 8.00. The maximum atomic E-state index is 6.08. The zero-order chi connectivity index (χ0) is 15.9. The first-order valence-corrected chi connectivity index (χ1v) is 8.82. The highest BCUT2D eigenvalue weighted by molar-refractivity contribution is 5.29. The molecule has 24 heavy (non-hydrogen) atoms. The van der Waals surface area contributed by atoms with Gasteiger partial charge < -0.3 is 14.1 Å². The molecule has 7 nitrogen and oxygen atoms in total. The molecule has 7 heteroatoms. The van der Waals surface area contributed by atoms with Crippen LogP contribution in [-0.2, 0) is 11.2 Å². The van der Waals surface area contributed by atoms with Crippen LogP contribution < -0.4 is 4.90 Å². The lowest BCUT2D eigenvalue weighted by Gasteiger charge is -2.35. The first-order valence-electron chi connectivity index (χ1n) is 8.82. The molecule has 3 fully saturated rings. The lowest BCUT2D eigenvalue weighted by Crippen LogP contribution is -2.42. The van der Waals surface area contributed by atoms with Gasteiger partial charge in [0, 0.05) is 37.3 Å². The Morgan fingerprint density at radius 3 is 2.83 bits per heavy atom. The second-order valence-corrected chi connectivity index (χ2v) is 7.09. The number of hydrogen-bond donors (Lipinski definition) is 0. The van der Waals surface area contributed by atoms with E-state index in [1.807, 2.05) is 6.07 Å². The van der Waals surface area contributed by atoms with Crippen molar-refractivity contribution < 1.29 is 9.15 Å². The van der Waals surface area contributed by atoms with E-state index in [0.29, 0.717) is 17.8 Å². The van der Waals surface area contributed by atoms with E-state index in [2.05, 4.69) is 25.1 Å². The van der Waals surface area contributed by atoms with E-state index in [0.717, 1.165) is 50.3 Å². The molecule has 0 bridgehead atoms. The van der Waals surface area contributed by atoms with Gasteiger partial charge in [-0.25, -0.2) is 9.97 Å². The van der Waals surface area contributed by atoms with E-state index >= 15 is 0 Å². The van der Waals surface area contributed by atoms with E-state index < -0.39 is 0 Å². The molecule has 0 amide bonds. The minimum absolute atomic E-state index is 0.196. The SMILES string of the molecule is c1cnc(N2CC[C@@H]3[C@@H](CO[C@@H]3Cc3nnc(C4CC4)o3)C2)nc1. The number of fused-ring (bicyclic) bond motifs is 1. The van der Waals surface area contributed by atoms with E-state index in [1.165, 1.54) is 12.8 Å². The Hall–Kier alpha value is -2.02. The van der Waals surface area contributed by atoms with Gasteiger partial charge in [0.2, 0.25) is 17.7 Å². The minimum Gasteiger partial charge on any atom is -0.425 e. The van der Waals surface area contributed by atoms with Gasteiger partial charge in [-0.1, -0.05) is 0 Å². The molecule has 5 rings (SSSR count). The smallest absolute Gasteiger partial charge is 0.225 e. The quantitative estimate of drug-likeness (QED) is 0.847. The Bertz CT molecular complexity index is 702. The van der Waals surface area contributed by atoms with Crippen molar-refractivity contribution in [2.24, 2.45) is 11.8 Å². The standard InChI is InChI=1S/C17H21N5O2/c1-5-18-17(19-6-1)22-7-4-13-12(9-22)10-23-14(13)8-15-20-21-16(24-15)11-2-3-11/h1,5-6,11-14H,2-4,7-10H2/t12-,13-,14-/m1/s1. The number of rotatable bonds is 4. The molecular formula is C17H21N5O2. The van der Waals surface area contributed by atoms with Crippen LogP contribution >= 0.6 is 0 Å². The van der Waals surface area contributed by atoms with Crippen molar-refractivity contribution in [3.8, 4) is 0 Å². The second kappa shape index (κ2) is 5.81. The van der Waals surface area contributed by atoms with Gasteiger partial charge in [-0.05, 0) is 31.2 Å². The van der Waals surface area contributed by atoms with Gasteiger partial charge in [0.25, 0.3) is 0 Å². The molecule has 0 unspecified atom stereocenters. The summed E-state index contributed by atoms with van der Waals surface area (Å²) in [4.78, 5) is 11.0. The third-order valence-electron chi connectivity index (χ3n) is 5.41. The van der Waals surface area contributed by atoms with Crippen LogP contribution in [0.4, 0.5) is 5.95 Å². The molecule has 2 saturated heterocycles. The molecule has 3 atom stereocenters. The molecule has 4 heterocycles. The van der Waals surface area contributed by atoms with Crippen molar-refractivity contribution in [2.45, 2.75) is 37.7 Å². The fourth-order valence-corrected chi connectivity index (χ4v) is 3.95. The number of aromatic nitrogens is 4. The van der Waals surface area contributed by atoms with E-state index in [9.17, 15) is 0 Å². The molecule has 1 aliphatic carbocycles. The molecular weight excluding hydrogens is 306 g/mol. The third kappa shape index (κ3) is 2.66. The molecule has 126 valence electrons. The maximum absolute atomic E-state index is 6.08. The molecule has 0 aromatic carbocycles. The summed E-state index contributed by atoms with van der Waals surface area (Å²) >= 11 is 0. The highest BCUT2D eigenvalue weighted by Crippen LogP contribution is 2.40. The summed E-state index contributed by atoms with van der Waals surface area (Å²) in [5, 5.41) is 8.39. The molecule has 0 radical (unpaired) electrons. The molecule has 2 aromatic rings. The van der Waals surface area contributed by atoms with Crippen molar-refractivity contribution in [2.75, 3.05) is 24.6 Å². The van der Waals surface area contributed by atoms with Gasteiger partial charge in [0.1, 0.15) is 0 Å². The van der Waals surface area contributed by atoms with Crippen LogP contribution in [0.3, 0.4) is 0 Å². The van der Waals surface area contributed by atoms with Crippen molar-refractivity contribution in [3.63, 3.8) is 0 Å². The second-order valence-electron chi connectivity index (χ2n) is 7.09. The monoisotopic (exact) mass is 327 g/mol. The summed E-state index contributed by atoms with van der Waals surface area (Å²) in [7, 11) is 0. The van der Waals surface area contributed by atoms with Crippen LogP contribution in [0.5, 0.6) is 0 Å². The van der Waals surface area contributed by atoms with E-state index in [4.69, 9.17) is 9.15 Å². The first kappa shape index (κ1) is 14.3. The topological polar surface area (TPSA) is 77.2 Å². The van der Waals surface area contributed by atoms with Gasteiger partial charge in [0.15, 0.2) is 0 Å². The Labute approximate surface area is 140 Å². The largest absolute Gasteiger partial charge is 0.425 e. The van der Waals surface area contributed by atoms with Crippen LogP contribution in [0.1, 0.15) is 37.0 Å². The number of anilines is 1. The fourth-order valence-electron chi connectivity index (χ4n) is 3.95. The minimum atomic E-state index is 0.196. The van der Waals surface area contributed by atoms with Gasteiger partial charge in [-0.15, -0.1) is 10.2 Å². The van der Waals surface area contributed by atoms with Crippen molar-refractivity contribution in [3.05, 3.63) is 30.2 Å². The number of piperidine rings is 1. The van der Waals surface area contributed by atoms with Gasteiger partial charge in [0.05, 0.1) is 19.1 Å². The first-order chi connectivity index (χ1) is 11.9. The summed E-state index contributed by atoms with van der Waals surface area (Å²) in [6, 6.07) is 1.85. The third-order valence-corrected chi connectivity index (χ3v) is 5.41. The highest BCUT2D eigenvalue weighted by atomic mass is 16.5. The Kier molecular flexibility index (Phi) is 3.47. The van der Waals surface area contributed by atoms with Gasteiger partial charge in [-0.2, -0.15) is 0 Å². The number of nitrogens with zero attached hydrogens (tertiary/aromatic N) is 5. The predicted molar refractivity (Wildman–Crippen MR) is 85.6 cm³/mol. The Morgan fingerprint density at radius 1 is 1.12 bits per heavy atom. The van der Waals surface area contributed by atoms with Crippen LogP contribution in [0.25, 0.3) is 0 Å². The lowest BCUT2D eigenvalue weighted by atomic mass is 9.83. The predicted octanol–water partition coefficient (Wildman–Crippen LogP) is 1.82. The average molecular weight is 327 g/mol. The van der Waals surface area contributed by atoms with Crippen molar-refractivity contribution in [1.82, 2.24) is 20.2 Å². The molecule has 2 aliphatic heterocycles. The fraction of sp³-hybridized carbons (Fsp3) is 0.647. The van der Waals surface area contributed by atoms with E-state index in [-0.39, 0.29) is 6.10 Å². The van der Waals surface area contributed by atoms with Crippen LogP contribution in [0, 0.1) is 11.8 Å². The van der Waals surface area contributed by atoms with Crippen LogP contribution in [0.2, 0.25) is 0 Å². The summed E-state index contributed by atoms with van der Waals surface area (Å²) in [5.41, 5.74) is 0. The lowest BCUT2D eigenvalue weighted by molar-refractivity contribution is 0.0837. The molecule has 0 spiro atoms. The maximum Gasteiger partial charge on any atom is 0.225 e.